The minimum absolute atomic E-state index is 0.107. The number of aromatic nitrogens is 2. The van der Waals surface area contributed by atoms with Gasteiger partial charge >= 0.3 is 0 Å². The van der Waals surface area contributed by atoms with Gasteiger partial charge in [-0.15, -0.1) is 5.10 Å². The molecule has 2 fully saturated rings. The zero-order chi connectivity index (χ0) is 21.3. The van der Waals surface area contributed by atoms with E-state index >= 15 is 0 Å². The Labute approximate surface area is 175 Å². The van der Waals surface area contributed by atoms with E-state index in [1.165, 1.54) is 12.1 Å². The number of ether oxygens (including phenoxy) is 2. The highest BCUT2D eigenvalue weighted by Gasteiger charge is 2.45. The fourth-order valence-electron chi connectivity index (χ4n) is 4.08. The summed E-state index contributed by atoms with van der Waals surface area (Å²) in [4.78, 5) is 15.1. The van der Waals surface area contributed by atoms with Gasteiger partial charge in [0.05, 0.1) is 31.2 Å². The van der Waals surface area contributed by atoms with Crippen molar-refractivity contribution in [3.8, 4) is 5.75 Å². The monoisotopic (exact) mass is 414 g/mol. The SMILES string of the molecule is COc1ccc(F)cc1CC1(NC(=O)c2cc(N3C[C@@H](C)O[C@H](C)C3)cnn2)CC1. The molecule has 30 heavy (non-hydrogen) atoms. The number of amides is 1. The van der Waals surface area contributed by atoms with E-state index in [-0.39, 0.29) is 29.6 Å². The number of anilines is 1. The molecule has 0 bridgehead atoms. The van der Waals surface area contributed by atoms with Crippen LogP contribution in [0.3, 0.4) is 0 Å². The standard InChI is InChI=1S/C22H27FN4O3/c1-14-12-27(13-15(2)30-14)18-9-19(26-24-11-18)21(28)25-22(6-7-22)10-16-8-17(23)4-5-20(16)29-3/h4-5,8-9,11,14-15H,6-7,10,12-13H2,1-3H3,(H,25,28)/t14-,15-/m1/s1. The molecule has 1 aromatic heterocycles. The lowest BCUT2D eigenvalue weighted by molar-refractivity contribution is -0.00524. The molecule has 2 aromatic rings. The molecule has 1 saturated heterocycles. The van der Waals surface area contributed by atoms with Crippen molar-refractivity contribution in [3.05, 3.63) is 47.5 Å². The van der Waals surface area contributed by atoms with Gasteiger partial charge in [0.15, 0.2) is 5.69 Å². The number of carbonyl (C=O) groups is 1. The first kappa shape index (κ1) is 20.5. The third kappa shape index (κ3) is 4.53. The first-order valence-electron chi connectivity index (χ1n) is 10.3. The zero-order valence-electron chi connectivity index (χ0n) is 17.5. The average molecular weight is 414 g/mol. The maximum absolute atomic E-state index is 13.7. The van der Waals surface area contributed by atoms with Crippen molar-refractivity contribution in [1.82, 2.24) is 15.5 Å². The molecule has 0 unspecified atom stereocenters. The van der Waals surface area contributed by atoms with Gasteiger partial charge in [0.2, 0.25) is 0 Å². The molecule has 160 valence electrons. The van der Waals surface area contributed by atoms with Crippen LogP contribution in [0.25, 0.3) is 0 Å². The fraction of sp³-hybridized carbons (Fsp3) is 0.500. The van der Waals surface area contributed by atoms with Crippen molar-refractivity contribution in [2.45, 2.75) is 50.9 Å². The molecule has 2 aliphatic rings. The Morgan fingerprint density at radius 3 is 2.70 bits per heavy atom. The third-order valence-corrected chi connectivity index (χ3v) is 5.66. The van der Waals surface area contributed by atoms with Crippen LogP contribution in [0.4, 0.5) is 10.1 Å². The molecule has 7 nitrogen and oxygen atoms in total. The maximum atomic E-state index is 13.7. The van der Waals surface area contributed by atoms with Gasteiger partial charge in [-0.05, 0) is 62.9 Å². The van der Waals surface area contributed by atoms with Crippen molar-refractivity contribution >= 4 is 11.6 Å². The Morgan fingerprint density at radius 2 is 2.03 bits per heavy atom. The van der Waals surface area contributed by atoms with Crippen molar-refractivity contribution in [1.29, 1.82) is 0 Å². The van der Waals surface area contributed by atoms with E-state index in [4.69, 9.17) is 9.47 Å². The molecular formula is C22H27FN4O3. The summed E-state index contributed by atoms with van der Waals surface area (Å²) < 4.78 is 24.8. The molecule has 1 N–H and O–H groups in total. The molecule has 0 spiro atoms. The molecule has 8 heteroatoms. The molecule has 2 heterocycles. The second-order valence-electron chi connectivity index (χ2n) is 8.33. The highest BCUT2D eigenvalue weighted by atomic mass is 19.1. The summed E-state index contributed by atoms with van der Waals surface area (Å²) in [5, 5.41) is 11.2. The Hall–Kier alpha value is -2.74. The van der Waals surface area contributed by atoms with Crippen molar-refractivity contribution in [2.24, 2.45) is 0 Å². The Morgan fingerprint density at radius 1 is 1.30 bits per heavy atom. The Bertz CT molecular complexity index is 924. The van der Waals surface area contributed by atoms with Gasteiger partial charge in [0, 0.05) is 18.6 Å². The van der Waals surface area contributed by atoms with Crippen molar-refractivity contribution in [3.63, 3.8) is 0 Å². The van der Waals surface area contributed by atoms with E-state index in [0.717, 1.165) is 37.2 Å². The number of benzene rings is 1. The topological polar surface area (TPSA) is 76.6 Å². The molecule has 1 amide bonds. The summed E-state index contributed by atoms with van der Waals surface area (Å²) in [6.07, 6.45) is 4.04. The lowest BCUT2D eigenvalue weighted by atomic mass is 10.0. The molecule has 1 aliphatic heterocycles. The highest BCUT2D eigenvalue weighted by molar-refractivity contribution is 5.93. The van der Waals surface area contributed by atoms with Crippen LogP contribution in [0.2, 0.25) is 0 Å². The van der Waals surface area contributed by atoms with Gasteiger partial charge in [0.25, 0.3) is 5.91 Å². The molecular weight excluding hydrogens is 387 g/mol. The van der Waals surface area contributed by atoms with E-state index in [1.807, 2.05) is 13.8 Å². The Balaban J connectivity index is 1.47. The average Bonchev–Trinajstić information content (AvgIpc) is 3.46. The summed E-state index contributed by atoms with van der Waals surface area (Å²) in [6.45, 7) is 5.53. The van der Waals surface area contributed by atoms with Crippen molar-refractivity contribution < 1.29 is 18.7 Å². The van der Waals surface area contributed by atoms with Crippen LogP contribution >= 0.6 is 0 Å². The van der Waals surface area contributed by atoms with E-state index < -0.39 is 5.54 Å². The minimum Gasteiger partial charge on any atom is -0.496 e. The second-order valence-corrected chi connectivity index (χ2v) is 8.33. The van der Waals surface area contributed by atoms with Crippen LogP contribution in [-0.2, 0) is 11.2 Å². The van der Waals surface area contributed by atoms with Crippen LogP contribution < -0.4 is 15.0 Å². The largest absolute Gasteiger partial charge is 0.496 e. The van der Waals surface area contributed by atoms with Crippen molar-refractivity contribution in [2.75, 3.05) is 25.1 Å². The summed E-state index contributed by atoms with van der Waals surface area (Å²) in [7, 11) is 1.56. The first-order valence-corrected chi connectivity index (χ1v) is 10.3. The van der Waals surface area contributed by atoms with Crippen LogP contribution in [-0.4, -0.2) is 54.1 Å². The number of rotatable bonds is 6. The lowest BCUT2D eigenvalue weighted by Gasteiger charge is -2.36. The Kier molecular flexibility index (Phi) is 5.60. The maximum Gasteiger partial charge on any atom is 0.272 e. The number of nitrogens with zero attached hydrogens (tertiary/aromatic N) is 3. The summed E-state index contributed by atoms with van der Waals surface area (Å²) >= 11 is 0. The molecule has 4 rings (SSSR count). The molecule has 1 saturated carbocycles. The van der Waals surface area contributed by atoms with Gasteiger partial charge in [-0.25, -0.2) is 4.39 Å². The normalized spacial score (nSPS) is 22.5. The van der Waals surface area contributed by atoms with E-state index in [2.05, 4.69) is 20.4 Å². The number of hydrogen-bond acceptors (Lipinski definition) is 6. The smallest absolute Gasteiger partial charge is 0.272 e. The second kappa shape index (κ2) is 8.18. The minimum atomic E-state index is -0.405. The fourth-order valence-corrected chi connectivity index (χ4v) is 4.08. The molecule has 0 radical (unpaired) electrons. The summed E-state index contributed by atoms with van der Waals surface area (Å²) in [5.74, 6) is 0.0290. The molecule has 1 aliphatic carbocycles. The van der Waals surface area contributed by atoms with E-state index in [1.54, 1.807) is 25.4 Å². The van der Waals surface area contributed by atoms with Gasteiger partial charge in [-0.2, -0.15) is 5.10 Å². The number of carbonyl (C=O) groups excluding carboxylic acids is 1. The van der Waals surface area contributed by atoms with Crippen LogP contribution in [0, 0.1) is 5.82 Å². The van der Waals surface area contributed by atoms with Gasteiger partial charge in [-0.1, -0.05) is 0 Å². The quantitative estimate of drug-likeness (QED) is 0.783. The van der Waals surface area contributed by atoms with E-state index in [9.17, 15) is 9.18 Å². The third-order valence-electron chi connectivity index (χ3n) is 5.66. The van der Waals surface area contributed by atoms with Crippen LogP contribution in [0.5, 0.6) is 5.75 Å². The predicted molar refractivity (Wildman–Crippen MR) is 110 cm³/mol. The predicted octanol–water partition coefficient (Wildman–Crippen LogP) is 2.74. The van der Waals surface area contributed by atoms with Gasteiger partial charge < -0.3 is 19.7 Å². The highest BCUT2D eigenvalue weighted by Crippen LogP contribution is 2.40. The van der Waals surface area contributed by atoms with Crippen LogP contribution in [0.15, 0.2) is 30.5 Å². The molecule has 1 aromatic carbocycles. The van der Waals surface area contributed by atoms with Gasteiger partial charge in [0.1, 0.15) is 11.6 Å². The number of halogens is 1. The van der Waals surface area contributed by atoms with E-state index in [0.29, 0.717) is 12.2 Å². The summed E-state index contributed by atoms with van der Waals surface area (Å²) in [6, 6.07) is 6.22. The zero-order valence-corrected chi connectivity index (χ0v) is 17.5. The van der Waals surface area contributed by atoms with Gasteiger partial charge in [-0.3, -0.25) is 4.79 Å². The number of methoxy groups -OCH3 is 1. The van der Waals surface area contributed by atoms with Crippen LogP contribution in [0.1, 0.15) is 42.7 Å². The molecule has 2 atom stereocenters. The number of hydrogen-bond donors (Lipinski definition) is 1. The summed E-state index contributed by atoms with van der Waals surface area (Å²) in [5.41, 5.74) is 1.47. The number of nitrogens with one attached hydrogen (secondary N) is 1. The number of morpholine rings is 1. The lowest BCUT2D eigenvalue weighted by Crippen LogP contribution is -2.45. The first-order chi connectivity index (χ1) is 14.4.